The fourth-order valence-corrected chi connectivity index (χ4v) is 6.07. The van der Waals surface area contributed by atoms with Gasteiger partial charge < -0.3 is 8.98 Å². The third kappa shape index (κ3) is 3.05. The van der Waals surface area contributed by atoms with Crippen molar-refractivity contribution >= 4 is 54.5 Å². The zero-order valence-corrected chi connectivity index (χ0v) is 21.2. The predicted molar refractivity (Wildman–Crippen MR) is 160 cm³/mol. The standard InChI is InChI=1S/C36H19N3O/c37-20-25-7-5-10-31(30(25)21-38)39-32-16-14-23(18-29(32)36-26-8-2-1-6-22(26)13-17-33(36)39)24-12-15-28-27-9-3-4-11-34(27)40-35(28)19-24/h1-19H. The van der Waals surface area contributed by atoms with Gasteiger partial charge >= 0.3 is 0 Å². The van der Waals surface area contributed by atoms with Gasteiger partial charge in [0.05, 0.1) is 27.8 Å². The summed E-state index contributed by atoms with van der Waals surface area (Å²) >= 11 is 0. The number of aromatic nitrogens is 1. The maximum Gasteiger partial charge on any atom is 0.136 e. The Labute approximate surface area is 229 Å². The Morgan fingerprint density at radius 3 is 2.17 bits per heavy atom. The van der Waals surface area contributed by atoms with Crippen LogP contribution in [0.4, 0.5) is 0 Å². The second-order valence-corrected chi connectivity index (χ2v) is 9.98. The molecule has 0 unspecified atom stereocenters. The number of furan rings is 1. The highest BCUT2D eigenvalue weighted by atomic mass is 16.3. The van der Waals surface area contributed by atoms with Gasteiger partial charge in [0.15, 0.2) is 0 Å². The van der Waals surface area contributed by atoms with E-state index in [4.69, 9.17) is 4.42 Å². The summed E-state index contributed by atoms with van der Waals surface area (Å²) < 4.78 is 8.29. The molecule has 0 aliphatic heterocycles. The van der Waals surface area contributed by atoms with Crippen LogP contribution in [-0.2, 0) is 0 Å². The van der Waals surface area contributed by atoms with Crippen LogP contribution in [0.15, 0.2) is 120 Å². The fraction of sp³-hybridized carbons (Fsp3) is 0. The van der Waals surface area contributed by atoms with E-state index in [-0.39, 0.29) is 0 Å². The maximum atomic E-state index is 10.1. The molecule has 0 saturated heterocycles. The van der Waals surface area contributed by atoms with Crippen LogP contribution in [0.5, 0.6) is 0 Å². The molecule has 0 saturated carbocycles. The second kappa shape index (κ2) is 8.33. The maximum absolute atomic E-state index is 10.1. The largest absolute Gasteiger partial charge is 0.456 e. The van der Waals surface area contributed by atoms with Gasteiger partial charge in [0.1, 0.15) is 23.3 Å². The van der Waals surface area contributed by atoms with Crippen LogP contribution in [0, 0.1) is 22.7 Å². The lowest BCUT2D eigenvalue weighted by Gasteiger charge is -2.11. The van der Waals surface area contributed by atoms with Gasteiger partial charge in [0.2, 0.25) is 0 Å². The van der Waals surface area contributed by atoms with Crippen LogP contribution in [0.25, 0.3) is 71.3 Å². The molecule has 4 heteroatoms. The van der Waals surface area contributed by atoms with Gasteiger partial charge in [0.25, 0.3) is 0 Å². The molecule has 6 aromatic carbocycles. The minimum absolute atomic E-state index is 0.367. The van der Waals surface area contributed by atoms with Crippen molar-refractivity contribution in [2.75, 3.05) is 0 Å². The molecule has 184 valence electrons. The summed E-state index contributed by atoms with van der Waals surface area (Å²) in [6.07, 6.45) is 0. The highest BCUT2D eigenvalue weighted by Crippen LogP contribution is 2.40. The minimum Gasteiger partial charge on any atom is -0.456 e. The van der Waals surface area contributed by atoms with E-state index in [1.165, 1.54) is 0 Å². The number of nitrogens with zero attached hydrogens (tertiary/aromatic N) is 3. The number of hydrogen-bond acceptors (Lipinski definition) is 3. The van der Waals surface area contributed by atoms with E-state index in [1.54, 1.807) is 6.07 Å². The highest BCUT2D eigenvalue weighted by molar-refractivity contribution is 6.22. The van der Waals surface area contributed by atoms with E-state index in [0.717, 1.165) is 65.6 Å². The molecule has 0 bridgehead atoms. The number of benzene rings is 6. The van der Waals surface area contributed by atoms with Crippen LogP contribution in [0.1, 0.15) is 11.1 Å². The van der Waals surface area contributed by atoms with E-state index in [0.29, 0.717) is 16.8 Å². The number of hydrogen-bond donors (Lipinski definition) is 0. The Balaban J connectivity index is 1.45. The van der Waals surface area contributed by atoms with Crippen LogP contribution < -0.4 is 0 Å². The first-order chi connectivity index (χ1) is 19.7. The van der Waals surface area contributed by atoms with Crippen molar-refractivity contribution in [2.24, 2.45) is 0 Å². The summed E-state index contributed by atoms with van der Waals surface area (Å²) in [6.45, 7) is 0. The lowest BCUT2D eigenvalue weighted by molar-refractivity contribution is 0.669. The second-order valence-electron chi connectivity index (χ2n) is 9.98. The monoisotopic (exact) mass is 509 g/mol. The normalized spacial score (nSPS) is 11.4. The zero-order chi connectivity index (χ0) is 26.8. The predicted octanol–water partition coefficient (Wildman–Crippen LogP) is 9.25. The van der Waals surface area contributed by atoms with Crippen molar-refractivity contribution in [1.29, 1.82) is 10.5 Å². The Morgan fingerprint density at radius 1 is 0.550 bits per heavy atom. The average molecular weight is 510 g/mol. The average Bonchev–Trinajstić information content (AvgIpc) is 3.55. The molecule has 40 heavy (non-hydrogen) atoms. The molecule has 0 aliphatic carbocycles. The molecule has 4 nitrogen and oxygen atoms in total. The third-order valence-corrected chi connectivity index (χ3v) is 7.88. The number of nitriles is 2. The minimum atomic E-state index is 0.367. The van der Waals surface area contributed by atoms with Gasteiger partial charge in [-0.1, -0.05) is 66.7 Å². The van der Waals surface area contributed by atoms with Crippen molar-refractivity contribution < 1.29 is 4.42 Å². The quantitative estimate of drug-likeness (QED) is 0.233. The highest BCUT2D eigenvalue weighted by Gasteiger charge is 2.19. The Hall–Kier alpha value is -5.84. The summed E-state index contributed by atoms with van der Waals surface area (Å²) in [4.78, 5) is 0. The number of fused-ring (bicyclic) bond motifs is 8. The van der Waals surface area contributed by atoms with E-state index in [9.17, 15) is 10.5 Å². The Bertz CT molecular complexity index is 2410. The first kappa shape index (κ1) is 22.2. The molecule has 0 spiro atoms. The van der Waals surface area contributed by atoms with Crippen molar-refractivity contribution in [3.8, 4) is 29.0 Å². The van der Waals surface area contributed by atoms with E-state index in [1.807, 2.05) is 36.4 Å². The first-order valence-electron chi connectivity index (χ1n) is 13.1. The van der Waals surface area contributed by atoms with Crippen LogP contribution in [-0.4, -0.2) is 4.57 Å². The van der Waals surface area contributed by atoms with Crippen molar-refractivity contribution in [2.45, 2.75) is 0 Å². The van der Waals surface area contributed by atoms with Crippen molar-refractivity contribution in [3.05, 3.63) is 126 Å². The van der Waals surface area contributed by atoms with Crippen LogP contribution >= 0.6 is 0 Å². The van der Waals surface area contributed by atoms with Crippen molar-refractivity contribution in [3.63, 3.8) is 0 Å². The molecule has 2 aromatic heterocycles. The molecule has 0 N–H and O–H groups in total. The third-order valence-electron chi connectivity index (χ3n) is 7.88. The SMILES string of the molecule is N#Cc1cccc(-n2c3ccc(-c4ccc5c(c4)oc4ccccc45)cc3c3c4ccccc4ccc32)c1C#N. The zero-order valence-electron chi connectivity index (χ0n) is 21.2. The molecule has 2 heterocycles. The Kier molecular flexibility index (Phi) is 4.62. The summed E-state index contributed by atoms with van der Waals surface area (Å²) in [6, 6.07) is 43.4. The summed E-state index contributed by atoms with van der Waals surface area (Å²) in [5.41, 5.74) is 7.30. The topological polar surface area (TPSA) is 65.7 Å². The van der Waals surface area contributed by atoms with E-state index < -0.39 is 0 Å². The molecule has 0 aliphatic rings. The summed E-state index contributed by atoms with van der Waals surface area (Å²) in [7, 11) is 0. The molecular formula is C36H19N3O. The molecule has 0 amide bonds. The molecule has 0 radical (unpaired) electrons. The van der Waals surface area contributed by atoms with Crippen molar-refractivity contribution in [1.82, 2.24) is 4.57 Å². The van der Waals surface area contributed by atoms with Gasteiger partial charge in [-0.15, -0.1) is 0 Å². The molecule has 8 aromatic rings. The van der Waals surface area contributed by atoms with Crippen LogP contribution in [0.2, 0.25) is 0 Å². The van der Waals surface area contributed by atoms with E-state index in [2.05, 4.69) is 89.5 Å². The summed E-state index contributed by atoms with van der Waals surface area (Å²) in [5.74, 6) is 0. The molecule has 0 fully saturated rings. The smallest absolute Gasteiger partial charge is 0.136 e. The van der Waals surface area contributed by atoms with Gasteiger partial charge in [-0.05, 0) is 70.4 Å². The molecule has 8 rings (SSSR count). The summed E-state index contributed by atoms with van der Waals surface area (Å²) in [5, 5.41) is 26.5. The van der Waals surface area contributed by atoms with Gasteiger partial charge in [-0.3, -0.25) is 0 Å². The number of rotatable bonds is 2. The molecular weight excluding hydrogens is 490 g/mol. The van der Waals surface area contributed by atoms with Gasteiger partial charge in [0, 0.05) is 21.5 Å². The van der Waals surface area contributed by atoms with Crippen LogP contribution in [0.3, 0.4) is 0 Å². The fourth-order valence-electron chi connectivity index (χ4n) is 6.07. The van der Waals surface area contributed by atoms with E-state index >= 15 is 0 Å². The van der Waals surface area contributed by atoms with Gasteiger partial charge in [-0.25, -0.2) is 0 Å². The molecule has 0 atom stereocenters. The lowest BCUT2D eigenvalue weighted by atomic mass is 9.99. The Morgan fingerprint density at radius 2 is 1.30 bits per heavy atom. The lowest BCUT2D eigenvalue weighted by Crippen LogP contribution is -1.99. The van der Waals surface area contributed by atoms with Gasteiger partial charge in [-0.2, -0.15) is 10.5 Å². The first-order valence-corrected chi connectivity index (χ1v) is 13.1. The number of para-hydroxylation sites is 1.